The van der Waals surface area contributed by atoms with E-state index in [1.807, 2.05) is 13.8 Å². The second kappa shape index (κ2) is 7.87. The van der Waals surface area contributed by atoms with Crippen LogP contribution in [-0.2, 0) is 4.79 Å². The van der Waals surface area contributed by atoms with E-state index < -0.39 is 11.7 Å². The average molecular weight is 419 g/mol. The van der Waals surface area contributed by atoms with Gasteiger partial charge >= 0.3 is 0 Å². The molecule has 0 heterocycles. The van der Waals surface area contributed by atoms with Gasteiger partial charge in [0.25, 0.3) is 0 Å². The van der Waals surface area contributed by atoms with Crippen LogP contribution >= 0.6 is 0 Å². The molecule has 0 aromatic carbocycles. The first-order valence-electron chi connectivity index (χ1n) is 12.9. The molecular formula is C27H46O3. The van der Waals surface area contributed by atoms with Crippen LogP contribution in [-0.4, -0.2) is 27.7 Å². The van der Waals surface area contributed by atoms with E-state index >= 15 is 0 Å². The van der Waals surface area contributed by atoms with Gasteiger partial charge in [0.05, 0.1) is 11.7 Å². The molecule has 4 saturated carbocycles. The van der Waals surface area contributed by atoms with Crippen molar-refractivity contribution in [2.45, 2.75) is 117 Å². The van der Waals surface area contributed by atoms with Gasteiger partial charge in [0.15, 0.2) is 0 Å². The second-order valence-corrected chi connectivity index (χ2v) is 12.9. The molecule has 0 spiro atoms. The maximum absolute atomic E-state index is 12.2. The van der Waals surface area contributed by atoms with E-state index in [0.717, 1.165) is 42.9 Å². The largest absolute Gasteiger partial charge is 0.392 e. The van der Waals surface area contributed by atoms with Crippen LogP contribution in [0.3, 0.4) is 0 Å². The highest BCUT2D eigenvalue weighted by atomic mass is 16.3. The normalized spacial score (nSPS) is 47.4. The summed E-state index contributed by atoms with van der Waals surface area (Å²) in [6.45, 7) is 11.2. The number of fused-ring (bicyclic) bond motifs is 5. The van der Waals surface area contributed by atoms with Crippen molar-refractivity contribution in [3.63, 3.8) is 0 Å². The molecular weight excluding hydrogens is 372 g/mol. The van der Waals surface area contributed by atoms with Crippen molar-refractivity contribution in [3.05, 3.63) is 0 Å². The molecule has 3 nitrogen and oxygen atoms in total. The van der Waals surface area contributed by atoms with Gasteiger partial charge in [-0.2, -0.15) is 0 Å². The summed E-state index contributed by atoms with van der Waals surface area (Å²) in [6, 6.07) is 0. The highest BCUT2D eigenvalue weighted by Gasteiger charge is 2.62. The molecule has 4 fully saturated rings. The number of carbonyl (C=O) groups is 1. The Labute approximate surface area is 184 Å². The van der Waals surface area contributed by atoms with Crippen LogP contribution in [0.5, 0.6) is 0 Å². The lowest BCUT2D eigenvalue weighted by molar-refractivity contribution is -0.171. The van der Waals surface area contributed by atoms with E-state index in [2.05, 4.69) is 20.8 Å². The van der Waals surface area contributed by atoms with Crippen molar-refractivity contribution in [3.8, 4) is 0 Å². The molecule has 2 unspecified atom stereocenters. The maximum Gasteiger partial charge on any atom is 0.135 e. The number of aliphatic hydroxyl groups excluding tert-OH is 1. The molecule has 2 N–H and O–H groups in total. The fraction of sp³-hybridized carbons (Fsp3) is 0.963. The van der Waals surface area contributed by atoms with E-state index in [0.29, 0.717) is 30.1 Å². The third-order valence-corrected chi connectivity index (χ3v) is 10.8. The average Bonchev–Trinajstić information content (AvgIpc) is 2.99. The van der Waals surface area contributed by atoms with Crippen molar-refractivity contribution in [2.24, 2.45) is 46.3 Å². The fourth-order valence-corrected chi connectivity index (χ4v) is 9.14. The van der Waals surface area contributed by atoms with Crippen molar-refractivity contribution in [1.82, 2.24) is 0 Å². The molecule has 0 aromatic rings. The van der Waals surface area contributed by atoms with Crippen molar-refractivity contribution < 1.29 is 15.0 Å². The van der Waals surface area contributed by atoms with E-state index in [1.54, 1.807) is 0 Å². The van der Waals surface area contributed by atoms with Gasteiger partial charge < -0.3 is 10.2 Å². The lowest BCUT2D eigenvalue weighted by Gasteiger charge is -2.61. The van der Waals surface area contributed by atoms with Crippen LogP contribution in [0.15, 0.2) is 0 Å². The first-order chi connectivity index (χ1) is 14.0. The topological polar surface area (TPSA) is 57.5 Å². The Balaban J connectivity index is 1.48. The smallest absolute Gasteiger partial charge is 0.135 e. The molecule has 3 heteroatoms. The Morgan fingerprint density at radius 3 is 2.50 bits per heavy atom. The lowest BCUT2D eigenvalue weighted by atomic mass is 9.44. The highest BCUT2D eigenvalue weighted by Crippen LogP contribution is 2.68. The Kier molecular flexibility index (Phi) is 5.97. The Morgan fingerprint density at radius 2 is 1.80 bits per heavy atom. The van der Waals surface area contributed by atoms with Crippen molar-refractivity contribution in [1.29, 1.82) is 0 Å². The number of ketones is 1. The quantitative estimate of drug-likeness (QED) is 0.596. The second-order valence-electron chi connectivity index (χ2n) is 12.9. The molecule has 172 valence electrons. The van der Waals surface area contributed by atoms with Gasteiger partial charge in [0.1, 0.15) is 5.78 Å². The van der Waals surface area contributed by atoms with Gasteiger partial charge in [-0.25, -0.2) is 0 Å². The predicted molar refractivity (Wildman–Crippen MR) is 121 cm³/mol. The van der Waals surface area contributed by atoms with Crippen LogP contribution in [0.25, 0.3) is 0 Å². The van der Waals surface area contributed by atoms with E-state index in [4.69, 9.17) is 0 Å². The molecule has 30 heavy (non-hydrogen) atoms. The zero-order chi connectivity index (χ0) is 21.9. The summed E-state index contributed by atoms with van der Waals surface area (Å²) in [5.74, 6) is 4.34. The summed E-state index contributed by atoms with van der Waals surface area (Å²) in [6.07, 6.45) is 11.6. The number of aliphatic hydroxyl groups is 2. The summed E-state index contributed by atoms with van der Waals surface area (Å²) >= 11 is 0. The summed E-state index contributed by atoms with van der Waals surface area (Å²) in [5.41, 5.74) is -0.154. The molecule has 4 aliphatic rings. The van der Waals surface area contributed by atoms with Gasteiger partial charge in [-0.15, -0.1) is 0 Å². The number of Topliss-reactive ketones (excluding diaryl/α,β-unsaturated/α-hetero) is 1. The third-order valence-electron chi connectivity index (χ3n) is 10.8. The van der Waals surface area contributed by atoms with Gasteiger partial charge in [-0.3, -0.25) is 4.79 Å². The van der Waals surface area contributed by atoms with Crippen LogP contribution in [0.2, 0.25) is 0 Å². The predicted octanol–water partition coefficient (Wildman–Crippen LogP) is 5.76. The SMILES string of the molecule is C[C@H](CCCC(C)(C)O)[C@H]1CC[C@H]2[C@@H]3CCC4CC(=O)CC(O)[C@]4(C)[C@H]3CC[C@]12C. The summed E-state index contributed by atoms with van der Waals surface area (Å²) in [4.78, 5) is 12.2. The molecule has 0 aliphatic heterocycles. The standard InChI is InChI=1S/C27H46O3/c1-17(7-6-13-25(2,3)30)21-10-11-22-20-9-8-18-15-19(28)16-24(29)27(18,5)23(20)12-14-26(21,22)4/h17-18,20-24,29-30H,6-16H2,1-5H3/t17-,18?,20+,21-,22+,23+,24?,26-,27+/m1/s1. The summed E-state index contributed by atoms with van der Waals surface area (Å²) in [5, 5.41) is 21.1. The molecule has 0 amide bonds. The zero-order valence-corrected chi connectivity index (χ0v) is 20.1. The van der Waals surface area contributed by atoms with Gasteiger partial charge in [0.2, 0.25) is 0 Å². The first kappa shape index (κ1) is 22.8. The Morgan fingerprint density at radius 1 is 1.07 bits per heavy atom. The van der Waals surface area contributed by atoms with Gasteiger partial charge in [-0.1, -0.05) is 33.6 Å². The van der Waals surface area contributed by atoms with Crippen LogP contribution < -0.4 is 0 Å². The zero-order valence-electron chi connectivity index (χ0n) is 20.1. The molecule has 0 aromatic heterocycles. The molecule has 0 bridgehead atoms. The van der Waals surface area contributed by atoms with Crippen LogP contribution in [0.4, 0.5) is 0 Å². The van der Waals surface area contributed by atoms with Crippen LogP contribution in [0.1, 0.15) is 105 Å². The minimum absolute atomic E-state index is 0.0471. The van der Waals surface area contributed by atoms with Crippen molar-refractivity contribution in [2.75, 3.05) is 0 Å². The minimum Gasteiger partial charge on any atom is -0.392 e. The summed E-state index contributed by atoms with van der Waals surface area (Å²) in [7, 11) is 0. The highest BCUT2D eigenvalue weighted by molar-refractivity contribution is 5.80. The molecule has 9 atom stereocenters. The number of rotatable bonds is 5. The van der Waals surface area contributed by atoms with E-state index in [9.17, 15) is 15.0 Å². The molecule has 4 aliphatic carbocycles. The summed E-state index contributed by atoms with van der Waals surface area (Å²) < 4.78 is 0. The first-order valence-corrected chi connectivity index (χ1v) is 12.9. The molecule has 0 radical (unpaired) electrons. The van der Waals surface area contributed by atoms with E-state index in [-0.39, 0.29) is 11.2 Å². The number of hydrogen-bond donors (Lipinski definition) is 2. The van der Waals surface area contributed by atoms with Gasteiger partial charge in [-0.05, 0) is 99.7 Å². The maximum atomic E-state index is 12.2. The Hall–Kier alpha value is -0.410. The third kappa shape index (κ3) is 3.70. The van der Waals surface area contributed by atoms with Gasteiger partial charge in [0, 0.05) is 18.3 Å². The minimum atomic E-state index is -0.545. The Bertz CT molecular complexity index is 651. The molecule has 4 rings (SSSR count). The van der Waals surface area contributed by atoms with Crippen LogP contribution in [0, 0.1) is 46.3 Å². The lowest BCUT2D eigenvalue weighted by Crippen LogP contribution is -2.58. The molecule has 0 saturated heterocycles. The van der Waals surface area contributed by atoms with E-state index in [1.165, 1.54) is 38.5 Å². The monoisotopic (exact) mass is 418 g/mol. The fourth-order valence-electron chi connectivity index (χ4n) is 9.14. The number of hydrogen-bond acceptors (Lipinski definition) is 3. The number of carbonyl (C=O) groups excluding carboxylic acids is 1. The van der Waals surface area contributed by atoms with Crippen molar-refractivity contribution >= 4 is 5.78 Å².